The van der Waals surface area contributed by atoms with Gasteiger partial charge in [-0.2, -0.15) is 4.37 Å². The molecule has 1 unspecified atom stereocenters. The zero-order chi connectivity index (χ0) is 16.2. The van der Waals surface area contributed by atoms with Gasteiger partial charge in [0, 0.05) is 23.5 Å². The van der Waals surface area contributed by atoms with Gasteiger partial charge < -0.3 is 10.6 Å². The molecule has 1 atom stereocenters. The maximum absolute atomic E-state index is 12.2. The van der Waals surface area contributed by atoms with Crippen LogP contribution in [-0.4, -0.2) is 22.4 Å². The van der Waals surface area contributed by atoms with E-state index in [0.29, 0.717) is 12.1 Å². The Bertz CT molecular complexity index is 622. The molecule has 2 N–H and O–H groups in total. The van der Waals surface area contributed by atoms with Gasteiger partial charge in [-0.1, -0.05) is 30.3 Å². The molecule has 1 aromatic carbocycles. The van der Waals surface area contributed by atoms with Crippen LogP contribution in [0.3, 0.4) is 0 Å². The summed E-state index contributed by atoms with van der Waals surface area (Å²) in [6, 6.07) is 10.5. The van der Waals surface area contributed by atoms with Gasteiger partial charge in [-0.05, 0) is 44.8 Å². The highest BCUT2D eigenvalue weighted by Crippen LogP contribution is 2.16. The fourth-order valence-corrected chi connectivity index (χ4v) is 3.06. The molecular weight excluding hydrogens is 294 g/mol. The van der Waals surface area contributed by atoms with E-state index in [1.165, 1.54) is 17.1 Å². The summed E-state index contributed by atoms with van der Waals surface area (Å²) in [5, 5.41) is 8.34. The van der Waals surface area contributed by atoms with Crippen molar-refractivity contribution in [3.63, 3.8) is 0 Å². The van der Waals surface area contributed by atoms with Crippen molar-refractivity contribution in [2.75, 3.05) is 6.54 Å². The minimum absolute atomic E-state index is 0.0616. The van der Waals surface area contributed by atoms with Gasteiger partial charge >= 0.3 is 0 Å². The maximum Gasteiger partial charge on any atom is 0.254 e. The van der Waals surface area contributed by atoms with Crippen molar-refractivity contribution in [1.82, 2.24) is 15.0 Å². The molecule has 22 heavy (non-hydrogen) atoms. The van der Waals surface area contributed by atoms with Gasteiger partial charge in [0.15, 0.2) is 0 Å². The predicted octanol–water partition coefficient (Wildman–Crippen LogP) is 3.31. The lowest BCUT2D eigenvalue weighted by atomic mass is 10.0. The van der Waals surface area contributed by atoms with Crippen LogP contribution >= 0.6 is 11.5 Å². The Balaban J connectivity index is 1.91. The van der Waals surface area contributed by atoms with Crippen molar-refractivity contribution in [1.29, 1.82) is 0 Å². The van der Waals surface area contributed by atoms with Gasteiger partial charge in [0.25, 0.3) is 5.91 Å². The van der Waals surface area contributed by atoms with Crippen LogP contribution in [0.2, 0.25) is 0 Å². The largest absolute Gasteiger partial charge is 0.350 e. The molecular formula is C17H23N3OS. The number of benzene rings is 1. The van der Waals surface area contributed by atoms with Crippen LogP contribution in [0.5, 0.6) is 0 Å². The monoisotopic (exact) mass is 317 g/mol. The van der Waals surface area contributed by atoms with Crippen LogP contribution in [0.15, 0.2) is 35.7 Å². The molecule has 2 rings (SSSR count). The number of hydrogen-bond acceptors (Lipinski definition) is 4. The first-order valence-corrected chi connectivity index (χ1v) is 8.24. The van der Waals surface area contributed by atoms with E-state index in [1.54, 1.807) is 5.38 Å². The van der Waals surface area contributed by atoms with Crippen molar-refractivity contribution in [2.45, 2.75) is 39.3 Å². The summed E-state index contributed by atoms with van der Waals surface area (Å²) in [5.74, 6) is -0.0616. The lowest BCUT2D eigenvalue weighted by Gasteiger charge is -2.30. The summed E-state index contributed by atoms with van der Waals surface area (Å²) in [6.07, 6.45) is 0. The molecule has 0 bridgehead atoms. The van der Waals surface area contributed by atoms with E-state index in [1.807, 2.05) is 25.1 Å². The second-order valence-electron chi connectivity index (χ2n) is 6.16. The number of rotatable bonds is 6. The molecule has 1 amide bonds. The van der Waals surface area contributed by atoms with Gasteiger partial charge in [0.05, 0.1) is 11.3 Å². The molecule has 118 valence electrons. The normalized spacial score (nSPS) is 12.9. The van der Waals surface area contributed by atoms with Gasteiger partial charge in [-0.15, -0.1) is 0 Å². The van der Waals surface area contributed by atoms with Crippen LogP contribution in [0.25, 0.3) is 0 Å². The minimum Gasteiger partial charge on any atom is -0.350 e. The average Bonchev–Trinajstić information content (AvgIpc) is 2.91. The fraction of sp³-hybridized carbons (Fsp3) is 0.412. The van der Waals surface area contributed by atoms with Gasteiger partial charge in [-0.3, -0.25) is 4.79 Å². The van der Waals surface area contributed by atoms with Crippen molar-refractivity contribution in [3.05, 3.63) is 52.5 Å². The lowest BCUT2D eigenvalue weighted by Crippen LogP contribution is -2.49. The number of carbonyl (C=O) groups excluding carboxylic acids is 1. The van der Waals surface area contributed by atoms with Gasteiger partial charge in [-0.25, -0.2) is 0 Å². The van der Waals surface area contributed by atoms with E-state index in [4.69, 9.17) is 0 Å². The molecule has 0 aliphatic carbocycles. The molecule has 0 aliphatic rings. The number of nitrogens with one attached hydrogen (secondary N) is 2. The number of aryl methyl sites for hydroxylation is 1. The maximum atomic E-state index is 12.2. The quantitative estimate of drug-likeness (QED) is 0.859. The van der Waals surface area contributed by atoms with Crippen molar-refractivity contribution in [2.24, 2.45) is 0 Å². The van der Waals surface area contributed by atoms with Crippen LogP contribution < -0.4 is 10.6 Å². The summed E-state index contributed by atoms with van der Waals surface area (Å²) in [5.41, 5.74) is 2.48. The lowest BCUT2D eigenvalue weighted by molar-refractivity contribution is 0.0940. The zero-order valence-corrected chi connectivity index (χ0v) is 14.3. The standard InChI is InChI=1S/C17H23N3OS/c1-12(14-8-6-5-7-9-14)19-17(3,4)11-18-16(21)15-10-22-20-13(15)2/h5-10,12,19H,11H2,1-4H3,(H,18,21). The Morgan fingerprint density at radius 1 is 1.32 bits per heavy atom. The van der Waals surface area contributed by atoms with E-state index in [2.05, 4.69) is 47.9 Å². The van der Waals surface area contributed by atoms with E-state index in [-0.39, 0.29) is 17.5 Å². The molecule has 0 saturated heterocycles. The summed E-state index contributed by atoms with van der Waals surface area (Å²) < 4.78 is 4.14. The molecule has 4 nitrogen and oxygen atoms in total. The van der Waals surface area contributed by atoms with Crippen LogP contribution in [0, 0.1) is 6.92 Å². The molecule has 0 spiro atoms. The number of aromatic nitrogens is 1. The second kappa shape index (κ2) is 7.03. The summed E-state index contributed by atoms with van der Waals surface area (Å²) in [4.78, 5) is 12.2. The molecule has 0 radical (unpaired) electrons. The fourth-order valence-electron chi connectivity index (χ4n) is 2.37. The minimum atomic E-state index is -0.206. The van der Waals surface area contributed by atoms with E-state index >= 15 is 0 Å². The summed E-state index contributed by atoms with van der Waals surface area (Å²) in [7, 11) is 0. The first-order chi connectivity index (χ1) is 10.4. The summed E-state index contributed by atoms with van der Waals surface area (Å²) in [6.45, 7) is 8.72. The Morgan fingerprint density at radius 2 is 2.00 bits per heavy atom. The predicted molar refractivity (Wildman–Crippen MR) is 91.3 cm³/mol. The third-order valence-electron chi connectivity index (χ3n) is 3.59. The highest BCUT2D eigenvalue weighted by molar-refractivity contribution is 7.03. The summed E-state index contributed by atoms with van der Waals surface area (Å²) >= 11 is 1.31. The average molecular weight is 317 g/mol. The smallest absolute Gasteiger partial charge is 0.254 e. The molecule has 0 saturated carbocycles. The second-order valence-corrected chi connectivity index (χ2v) is 6.79. The van der Waals surface area contributed by atoms with E-state index in [0.717, 1.165) is 5.69 Å². The molecule has 5 heteroatoms. The van der Waals surface area contributed by atoms with Crippen molar-refractivity contribution >= 4 is 17.4 Å². The first kappa shape index (κ1) is 16.6. The Hall–Kier alpha value is -1.72. The van der Waals surface area contributed by atoms with Crippen molar-refractivity contribution < 1.29 is 4.79 Å². The molecule has 0 fully saturated rings. The van der Waals surface area contributed by atoms with Crippen LogP contribution in [0.4, 0.5) is 0 Å². The third kappa shape index (κ3) is 4.39. The molecule has 1 heterocycles. The first-order valence-electron chi connectivity index (χ1n) is 7.41. The Kier molecular flexibility index (Phi) is 5.32. The SMILES string of the molecule is Cc1nscc1C(=O)NCC(C)(C)NC(C)c1ccccc1. The van der Waals surface area contributed by atoms with Gasteiger partial charge in [0.2, 0.25) is 0 Å². The van der Waals surface area contributed by atoms with Crippen molar-refractivity contribution in [3.8, 4) is 0 Å². The molecule has 1 aromatic heterocycles. The third-order valence-corrected chi connectivity index (χ3v) is 4.31. The number of amides is 1. The highest BCUT2D eigenvalue weighted by Gasteiger charge is 2.22. The van der Waals surface area contributed by atoms with Gasteiger partial charge in [0.1, 0.15) is 0 Å². The Labute approximate surface area is 136 Å². The molecule has 0 aliphatic heterocycles. The zero-order valence-electron chi connectivity index (χ0n) is 13.5. The number of carbonyl (C=O) groups is 1. The number of hydrogen-bond donors (Lipinski definition) is 2. The van der Waals surface area contributed by atoms with Crippen LogP contribution in [-0.2, 0) is 0 Å². The topological polar surface area (TPSA) is 54.0 Å². The van der Waals surface area contributed by atoms with Crippen LogP contribution in [0.1, 0.15) is 48.4 Å². The van der Waals surface area contributed by atoms with E-state index < -0.39 is 0 Å². The Morgan fingerprint density at radius 3 is 2.59 bits per heavy atom. The number of nitrogens with zero attached hydrogens (tertiary/aromatic N) is 1. The highest BCUT2D eigenvalue weighted by atomic mass is 32.1. The van der Waals surface area contributed by atoms with E-state index in [9.17, 15) is 4.79 Å². The molecule has 2 aromatic rings.